The van der Waals surface area contributed by atoms with Crippen molar-refractivity contribution in [2.24, 2.45) is 5.92 Å². The van der Waals surface area contributed by atoms with Crippen LogP contribution in [0.5, 0.6) is 0 Å². The molecule has 0 aliphatic carbocycles. The van der Waals surface area contributed by atoms with Crippen molar-refractivity contribution in [3.05, 3.63) is 28.5 Å². The Morgan fingerprint density at radius 3 is 3.10 bits per heavy atom. The average Bonchev–Trinajstić information content (AvgIpc) is 2.44. The molecule has 6 heteroatoms. The first-order valence-electron chi connectivity index (χ1n) is 7.27. The SMILES string of the molecule is CC(C)CN1CCO[C@@H](CNC(=O)c2cncc(Br)c2)C1. The van der Waals surface area contributed by atoms with Crippen LogP contribution in [0.1, 0.15) is 24.2 Å². The molecule has 0 spiro atoms. The van der Waals surface area contributed by atoms with Gasteiger partial charge in [-0.1, -0.05) is 13.8 Å². The van der Waals surface area contributed by atoms with Crippen LogP contribution >= 0.6 is 15.9 Å². The number of ether oxygens (including phenoxy) is 1. The van der Waals surface area contributed by atoms with Crippen LogP contribution in [0.2, 0.25) is 0 Å². The summed E-state index contributed by atoms with van der Waals surface area (Å²) >= 11 is 3.31. The van der Waals surface area contributed by atoms with Gasteiger partial charge in [-0.05, 0) is 27.9 Å². The largest absolute Gasteiger partial charge is 0.374 e. The van der Waals surface area contributed by atoms with Crippen LogP contribution in [0.3, 0.4) is 0 Å². The van der Waals surface area contributed by atoms with E-state index in [9.17, 15) is 4.79 Å². The number of aromatic nitrogens is 1. The highest BCUT2D eigenvalue weighted by Crippen LogP contribution is 2.10. The van der Waals surface area contributed by atoms with E-state index in [1.54, 1.807) is 18.5 Å². The van der Waals surface area contributed by atoms with Crippen molar-refractivity contribution in [1.82, 2.24) is 15.2 Å². The number of nitrogens with one attached hydrogen (secondary N) is 1. The molecule has 1 aromatic rings. The standard InChI is InChI=1S/C15H22BrN3O2/c1-11(2)9-19-3-4-21-14(10-19)8-18-15(20)12-5-13(16)7-17-6-12/h5-7,11,14H,3-4,8-10H2,1-2H3,(H,18,20)/t14-/m0/s1. The third kappa shape index (κ3) is 5.37. The van der Waals surface area contributed by atoms with Crippen molar-refractivity contribution in [2.45, 2.75) is 20.0 Å². The van der Waals surface area contributed by atoms with Crippen LogP contribution in [0, 0.1) is 5.92 Å². The van der Waals surface area contributed by atoms with Gasteiger partial charge in [-0.2, -0.15) is 0 Å². The molecule has 1 atom stereocenters. The first kappa shape index (κ1) is 16.4. The number of carbonyl (C=O) groups excluding carboxylic acids is 1. The van der Waals surface area contributed by atoms with Gasteiger partial charge in [0.25, 0.3) is 5.91 Å². The molecule has 5 nitrogen and oxygen atoms in total. The van der Waals surface area contributed by atoms with Gasteiger partial charge in [0.05, 0.1) is 18.3 Å². The molecule has 1 amide bonds. The quantitative estimate of drug-likeness (QED) is 0.876. The molecule has 116 valence electrons. The molecule has 1 aromatic heterocycles. The number of hydrogen-bond acceptors (Lipinski definition) is 4. The molecule has 1 aliphatic rings. The lowest BCUT2D eigenvalue weighted by atomic mass is 10.1. The Kier molecular flexibility index (Phi) is 6.14. The minimum atomic E-state index is -0.117. The fourth-order valence-electron chi connectivity index (χ4n) is 2.43. The maximum atomic E-state index is 12.1. The summed E-state index contributed by atoms with van der Waals surface area (Å²) in [4.78, 5) is 18.4. The van der Waals surface area contributed by atoms with E-state index in [0.29, 0.717) is 18.0 Å². The van der Waals surface area contributed by atoms with Crippen LogP contribution < -0.4 is 5.32 Å². The Morgan fingerprint density at radius 2 is 2.38 bits per heavy atom. The highest BCUT2D eigenvalue weighted by molar-refractivity contribution is 9.10. The molecule has 0 saturated carbocycles. The molecule has 0 unspecified atom stereocenters. The summed E-state index contributed by atoms with van der Waals surface area (Å²) in [6, 6.07) is 1.76. The van der Waals surface area contributed by atoms with Crippen molar-refractivity contribution in [2.75, 3.05) is 32.8 Å². The molecule has 0 aromatic carbocycles. The summed E-state index contributed by atoms with van der Waals surface area (Å²) in [5, 5.41) is 2.92. The maximum absolute atomic E-state index is 12.1. The van der Waals surface area contributed by atoms with Gasteiger partial charge >= 0.3 is 0 Å². The number of halogens is 1. The minimum Gasteiger partial charge on any atom is -0.374 e. The predicted octanol–water partition coefficient (Wildman–Crippen LogP) is 1.93. The van der Waals surface area contributed by atoms with Gasteiger partial charge in [-0.3, -0.25) is 14.7 Å². The van der Waals surface area contributed by atoms with E-state index in [0.717, 1.165) is 30.7 Å². The lowest BCUT2D eigenvalue weighted by Gasteiger charge is -2.33. The second kappa shape index (κ2) is 7.87. The van der Waals surface area contributed by atoms with Gasteiger partial charge in [-0.25, -0.2) is 0 Å². The fraction of sp³-hybridized carbons (Fsp3) is 0.600. The lowest BCUT2D eigenvalue weighted by molar-refractivity contribution is -0.0295. The summed E-state index contributed by atoms with van der Waals surface area (Å²) in [6.07, 6.45) is 3.28. The first-order valence-corrected chi connectivity index (χ1v) is 8.06. The Bertz CT molecular complexity index is 482. The van der Waals surface area contributed by atoms with Gasteiger partial charge in [0, 0.05) is 43.0 Å². The summed E-state index contributed by atoms with van der Waals surface area (Å²) < 4.78 is 6.52. The molecule has 0 radical (unpaired) electrons. The average molecular weight is 356 g/mol. The van der Waals surface area contributed by atoms with E-state index < -0.39 is 0 Å². The van der Waals surface area contributed by atoms with Gasteiger partial charge in [0.15, 0.2) is 0 Å². The zero-order valence-corrected chi connectivity index (χ0v) is 14.1. The van der Waals surface area contributed by atoms with E-state index in [4.69, 9.17) is 4.74 Å². The maximum Gasteiger partial charge on any atom is 0.252 e. The normalized spacial score (nSPS) is 19.7. The molecule has 1 N–H and O–H groups in total. The van der Waals surface area contributed by atoms with Crippen LogP contribution in [-0.4, -0.2) is 54.7 Å². The summed E-state index contributed by atoms with van der Waals surface area (Å²) in [7, 11) is 0. The Labute approximate surface area is 134 Å². The molecule has 21 heavy (non-hydrogen) atoms. The molecule has 1 fully saturated rings. The van der Waals surface area contributed by atoms with Crippen LogP contribution in [0.25, 0.3) is 0 Å². The first-order chi connectivity index (χ1) is 10.0. The van der Waals surface area contributed by atoms with Gasteiger partial charge in [0.1, 0.15) is 0 Å². The van der Waals surface area contributed by atoms with E-state index >= 15 is 0 Å². The van der Waals surface area contributed by atoms with Crippen LogP contribution in [-0.2, 0) is 4.74 Å². The highest BCUT2D eigenvalue weighted by Gasteiger charge is 2.21. The van der Waals surface area contributed by atoms with E-state index in [2.05, 4.69) is 45.0 Å². The van der Waals surface area contributed by atoms with E-state index in [-0.39, 0.29) is 12.0 Å². The smallest absolute Gasteiger partial charge is 0.252 e. The fourth-order valence-corrected chi connectivity index (χ4v) is 2.80. The molecule has 2 heterocycles. The molecular formula is C15H22BrN3O2. The Morgan fingerprint density at radius 1 is 1.57 bits per heavy atom. The van der Waals surface area contributed by atoms with E-state index in [1.807, 2.05) is 0 Å². The monoisotopic (exact) mass is 355 g/mol. The van der Waals surface area contributed by atoms with Crippen molar-refractivity contribution >= 4 is 21.8 Å². The van der Waals surface area contributed by atoms with Gasteiger partial charge in [-0.15, -0.1) is 0 Å². The van der Waals surface area contributed by atoms with Crippen LogP contribution in [0.4, 0.5) is 0 Å². The summed E-state index contributed by atoms with van der Waals surface area (Å²) in [5.41, 5.74) is 0.555. The van der Waals surface area contributed by atoms with Crippen LogP contribution in [0.15, 0.2) is 22.9 Å². The number of nitrogens with zero attached hydrogens (tertiary/aromatic N) is 2. The number of carbonyl (C=O) groups is 1. The third-order valence-electron chi connectivity index (χ3n) is 3.30. The summed E-state index contributed by atoms with van der Waals surface area (Å²) in [5.74, 6) is 0.527. The van der Waals surface area contributed by atoms with Gasteiger partial charge in [0.2, 0.25) is 0 Å². The molecule has 0 bridgehead atoms. The number of rotatable bonds is 5. The zero-order valence-electron chi connectivity index (χ0n) is 12.5. The lowest BCUT2D eigenvalue weighted by Crippen LogP contribution is -2.48. The summed E-state index contributed by atoms with van der Waals surface area (Å²) in [6.45, 7) is 8.60. The van der Waals surface area contributed by atoms with Crippen molar-refractivity contribution in [3.63, 3.8) is 0 Å². The zero-order chi connectivity index (χ0) is 15.2. The topological polar surface area (TPSA) is 54.5 Å². The number of pyridine rings is 1. The van der Waals surface area contributed by atoms with Crippen molar-refractivity contribution < 1.29 is 9.53 Å². The van der Waals surface area contributed by atoms with Crippen molar-refractivity contribution in [3.8, 4) is 0 Å². The Hall–Kier alpha value is -0.980. The van der Waals surface area contributed by atoms with Gasteiger partial charge < -0.3 is 10.1 Å². The number of amides is 1. The molecule has 1 saturated heterocycles. The predicted molar refractivity (Wildman–Crippen MR) is 85.3 cm³/mol. The molecular weight excluding hydrogens is 334 g/mol. The van der Waals surface area contributed by atoms with E-state index in [1.165, 1.54) is 0 Å². The Balaban J connectivity index is 1.81. The second-order valence-electron chi connectivity index (χ2n) is 5.75. The number of morpholine rings is 1. The molecule has 2 rings (SSSR count). The number of hydrogen-bond donors (Lipinski definition) is 1. The highest BCUT2D eigenvalue weighted by atomic mass is 79.9. The van der Waals surface area contributed by atoms with Crippen molar-refractivity contribution in [1.29, 1.82) is 0 Å². The minimum absolute atomic E-state index is 0.0570. The second-order valence-corrected chi connectivity index (χ2v) is 6.66. The molecule has 1 aliphatic heterocycles. The third-order valence-corrected chi connectivity index (χ3v) is 3.74.